The van der Waals surface area contributed by atoms with E-state index >= 15 is 0 Å². The second-order valence-corrected chi connectivity index (χ2v) is 3.44. The van der Waals surface area contributed by atoms with Crippen molar-refractivity contribution in [3.8, 4) is 0 Å². The Bertz CT molecular complexity index is 454. The summed E-state index contributed by atoms with van der Waals surface area (Å²) in [6.07, 6.45) is 3.45. The Hall–Kier alpha value is -1.10. The van der Waals surface area contributed by atoms with Crippen LogP contribution in [0.3, 0.4) is 0 Å². The van der Waals surface area contributed by atoms with E-state index in [0.717, 1.165) is 11.1 Å². The molecule has 0 aliphatic carbocycles. The van der Waals surface area contributed by atoms with Gasteiger partial charge in [0, 0.05) is 6.20 Å². The molecule has 3 N–H and O–H groups in total. The van der Waals surface area contributed by atoms with Gasteiger partial charge in [-0.3, -0.25) is 0 Å². The highest BCUT2D eigenvalue weighted by atomic mass is 35.5. The first kappa shape index (κ1) is 9.45. The summed E-state index contributed by atoms with van der Waals surface area (Å²) < 4.78 is 1.80. The highest BCUT2D eigenvalue weighted by Crippen LogP contribution is 2.19. The number of aromatic nitrogens is 2. The molecule has 2 rings (SSSR count). The van der Waals surface area contributed by atoms with E-state index in [1.54, 1.807) is 10.7 Å². The van der Waals surface area contributed by atoms with Gasteiger partial charge < -0.3 is 15.2 Å². The lowest BCUT2D eigenvalue weighted by Crippen LogP contribution is -2.14. The average Bonchev–Trinajstić information content (AvgIpc) is 2.59. The molecule has 5 heteroatoms. The quantitative estimate of drug-likeness (QED) is 0.779. The fourth-order valence-corrected chi connectivity index (χ4v) is 1.50. The number of hydrogen-bond acceptors (Lipinski definition) is 3. The van der Waals surface area contributed by atoms with Crippen molar-refractivity contribution in [2.24, 2.45) is 5.73 Å². The Morgan fingerprint density at radius 1 is 1.64 bits per heavy atom. The van der Waals surface area contributed by atoms with Crippen LogP contribution in [0.1, 0.15) is 11.6 Å². The molecule has 74 valence electrons. The van der Waals surface area contributed by atoms with Crippen LogP contribution in [-0.4, -0.2) is 21.1 Å². The summed E-state index contributed by atoms with van der Waals surface area (Å²) in [4.78, 5) is 3.95. The number of rotatable bonds is 2. The topological polar surface area (TPSA) is 63.5 Å². The Balaban J connectivity index is 2.54. The first-order valence-corrected chi connectivity index (χ1v) is 4.58. The first-order chi connectivity index (χ1) is 6.72. The van der Waals surface area contributed by atoms with E-state index in [-0.39, 0.29) is 12.6 Å². The fourth-order valence-electron chi connectivity index (χ4n) is 1.31. The van der Waals surface area contributed by atoms with Crippen molar-refractivity contribution < 1.29 is 5.11 Å². The molecular formula is C9H10ClN3O. The molecule has 0 saturated heterocycles. The SMILES string of the molecule is NC(CO)c1ccn2cnc(Cl)c2c1. The Kier molecular flexibility index (Phi) is 2.41. The minimum atomic E-state index is -0.369. The lowest BCUT2D eigenvalue weighted by Gasteiger charge is -2.08. The molecular weight excluding hydrogens is 202 g/mol. The van der Waals surface area contributed by atoms with Crippen LogP contribution in [0, 0.1) is 0 Å². The maximum atomic E-state index is 8.90. The zero-order valence-electron chi connectivity index (χ0n) is 7.39. The van der Waals surface area contributed by atoms with Gasteiger partial charge in [0.25, 0.3) is 0 Å². The Morgan fingerprint density at radius 2 is 2.43 bits per heavy atom. The minimum Gasteiger partial charge on any atom is -0.394 e. The van der Waals surface area contributed by atoms with Gasteiger partial charge in [-0.05, 0) is 17.7 Å². The van der Waals surface area contributed by atoms with Gasteiger partial charge in [0.05, 0.1) is 18.2 Å². The molecule has 0 bridgehead atoms. The average molecular weight is 212 g/mol. The Labute approximate surface area is 85.9 Å². The van der Waals surface area contributed by atoms with Gasteiger partial charge in [-0.2, -0.15) is 0 Å². The molecule has 0 fully saturated rings. The molecule has 0 aromatic carbocycles. The summed E-state index contributed by atoms with van der Waals surface area (Å²) in [6, 6.07) is 3.30. The van der Waals surface area contributed by atoms with Crippen LogP contribution in [0.4, 0.5) is 0 Å². The number of fused-ring (bicyclic) bond motifs is 1. The van der Waals surface area contributed by atoms with Crippen molar-refractivity contribution in [3.05, 3.63) is 35.4 Å². The molecule has 0 saturated carbocycles. The van der Waals surface area contributed by atoms with Crippen LogP contribution in [0.15, 0.2) is 24.7 Å². The van der Waals surface area contributed by atoms with Gasteiger partial charge in [-0.15, -0.1) is 0 Å². The number of pyridine rings is 1. The predicted molar refractivity (Wildman–Crippen MR) is 54.2 cm³/mol. The smallest absolute Gasteiger partial charge is 0.154 e. The molecule has 0 spiro atoms. The molecule has 0 amide bonds. The largest absolute Gasteiger partial charge is 0.394 e. The first-order valence-electron chi connectivity index (χ1n) is 4.21. The molecule has 0 aliphatic rings. The van der Waals surface area contributed by atoms with Crippen LogP contribution in [0.2, 0.25) is 5.15 Å². The van der Waals surface area contributed by atoms with Crippen molar-refractivity contribution in [2.75, 3.05) is 6.61 Å². The molecule has 14 heavy (non-hydrogen) atoms. The van der Waals surface area contributed by atoms with Gasteiger partial charge in [0.1, 0.15) is 6.33 Å². The lowest BCUT2D eigenvalue weighted by molar-refractivity contribution is 0.268. The standard InChI is InChI=1S/C9H10ClN3O/c10-9-8-3-6(7(11)4-14)1-2-13(8)5-12-9/h1-3,5,7,14H,4,11H2. The van der Waals surface area contributed by atoms with Crippen molar-refractivity contribution in [2.45, 2.75) is 6.04 Å². The Morgan fingerprint density at radius 3 is 3.14 bits per heavy atom. The number of halogens is 1. The van der Waals surface area contributed by atoms with E-state index < -0.39 is 0 Å². The highest BCUT2D eigenvalue weighted by molar-refractivity contribution is 6.32. The van der Waals surface area contributed by atoms with Gasteiger partial charge in [-0.1, -0.05) is 11.6 Å². The van der Waals surface area contributed by atoms with Gasteiger partial charge in [0.2, 0.25) is 0 Å². The van der Waals surface area contributed by atoms with E-state index in [4.69, 9.17) is 22.4 Å². The zero-order valence-corrected chi connectivity index (χ0v) is 8.15. The normalized spacial score (nSPS) is 13.4. The summed E-state index contributed by atoms with van der Waals surface area (Å²) in [5.41, 5.74) is 7.33. The van der Waals surface area contributed by atoms with Crippen molar-refractivity contribution in [1.82, 2.24) is 9.38 Å². The summed E-state index contributed by atoms with van der Waals surface area (Å²) in [7, 11) is 0. The summed E-state index contributed by atoms with van der Waals surface area (Å²) in [5, 5.41) is 9.34. The van der Waals surface area contributed by atoms with Crippen molar-refractivity contribution in [3.63, 3.8) is 0 Å². The molecule has 4 nitrogen and oxygen atoms in total. The van der Waals surface area contributed by atoms with Crippen molar-refractivity contribution >= 4 is 17.1 Å². The third-order valence-electron chi connectivity index (χ3n) is 2.14. The third-order valence-corrected chi connectivity index (χ3v) is 2.43. The molecule has 1 atom stereocenters. The summed E-state index contributed by atoms with van der Waals surface area (Å²) >= 11 is 5.86. The number of imidazole rings is 1. The maximum absolute atomic E-state index is 8.90. The summed E-state index contributed by atoms with van der Waals surface area (Å²) in [6.45, 7) is -0.0814. The predicted octanol–water partition coefficient (Wildman–Crippen LogP) is 0.980. The van der Waals surface area contributed by atoms with Gasteiger partial charge >= 0.3 is 0 Å². The van der Waals surface area contributed by atoms with Crippen LogP contribution in [0.25, 0.3) is 5.52 Å². The minimum absolute atomic E-state index is 0.0814. The van der Waals surface area contributed by atoms with E-state index in [9.17, 15) is 0 Å². The maximum Gasteiger partial charge on any atom is 0.154 e. The molecule has 2 heterocycles. The highest BCUT2D eigenvalue weighted by Gasteiger charge is 2.07. The van der Waals surface area contributed by atoms with Crippen LogP contribution >= 0.6 is 11.6 Å². The number of nitrogens with zero attached hydrogens (tertiary/aromatic N) is 2. The second-order valence-electron chi connectivity index (χ2n) is 3.08. The summed E-state index contributed by atoms with van der Waals surface area (Å²) in [5.74, 6) is 0. The van der Waals surface area contributed by atoms with Crippen LogP contribution in [-0.2, 0) is 0 Å². The lowest BCUT2D eigenvalue weighted by atomic mass is 10.1. The number of aliphatic hydroxyl groups is 1. The van der Waals surface area contributed by atoms with Crippen LogP contribution < -0.4 is 5.73 Å². The van der Waals surface area contributed by atoms with E-state index in [1.165, 1.54) is 0 Å². The van der Waals surface area contributed by atoms with Gasteiger partial charge in [0.15, 0.2) is 5.15 Å². The monoisotopic (exact) mass is 211 g/mol. The fraction of sp³-hybridized carbons (Fsp3) is 0.222. The zero-order chi connectivity index (χ0) is 10.1. The van der Waals surface area contributed by atoms with Crippen molar-refractivity contribution in [1.29, 1.82) is 0 Å². The molecule has 0 aliphatic heterocycles. The van der Waals surface area contributed by atoms with E-state index in [0.29, 0.717) is 5.15 Å². The van der Waals surface area contributed by atoms with E-state index in [1.807, 2.05) is 18.3 Å². The number of nitrogens with two attached hydrogens (primary N) is 1. The number of aliphatic hydroxyl groups excluding tert-OH is 1. The van der Waals surface area contributed by atoms with Crippen LogP contribution in [0.5, 0.6) is 0 Å². The third kappa shape index (κ3) is 1.48. The van der Waals surface area contributed by atoms with E-state index in [2.05, 4.69) is 4.98 Å². The van der Waals surface area contributed by atoms with Gasteiger partial charge in [-0.25, -0.2) is 4.98 Å². The molecule has 2 aromatic heterocycles. The molecule has 1 unspecified atom stereocenters. The molecule has 2 aromatic rings. The second kappa shape index (κ2) is 3.57. The number of hydrogen-bond donors (Lipinski definition) is 2. The molecule has 0 radical (unpaired) electrons.